The molecule has 12 heteroatoms. The quantitative estimate of drug-likeness (QED) is 0.197. The fourth-order valence-corrected chi connectivity index (χ4v) is 4.59. The lowest BCUT2D eigenvalue weighted by atomic mass is 9.97. The number of nitrogens with one attached hydrogen (secondary N) is 1. The van der Waals surface area contributed by atoms with Gasteiger partial charge >= 0.3 is 12.1 Å². The lowest BCUT2D eigenvalue weighted by molar-refractivity contribution is -0.150. The summed E-state index contributed by atoms with van der Waals surface area (Å²) in [7, 11) is 0. The van der Waals surface area contributed by atoms with Crippen LogP contribution in [0.2, 0.25) is 0 Å². The number of halogens is 2. The number of ether oxygens (including phenoxy) is 2. The Bertz CT molecular complexity index is 1010. The van der Waals surface area contributed by atoms with Crippen molar-refractivity contribution >= 4 is 30.1 Å². The molecular formula is C28H41F2N3O7. The van der Waals surface area contributed by atoms with Crippen molar-refractivity contribution in [3.8, 4) is 0 Å². The number of hydrogen-bond acceptors (Lipinski definition) is 7. The zero-order valence-electron chi connectivity index (χ0n) is 23.7. The fraction of sp³-hybridized carbons (Fsp3) is 0.679. The van der Waals surface area contributed by atoms with Crippen LogP contribution >= 0.6 is 0 Å². The summed E-state index contributed by atoms with van der Waals surface area (Å²) in [5, 5.41) is 13.0. The van der Waals surface area contributed by atoms with Gasteiger partial charge in [0.2, 0.25) is 17.7 Å². The molecule has 2 fully saturated rings. The van der Waals surface area contributed by atoms with Gasteiger partial charge in [0.25, 0.3) is 0 Å². The van der Waals surface area contributed by atoms with Crippen molar-refractivity contribution < 1.29 is 42.5 Å². The summed E-state index contributed by atoms with van der Waals surface area (Å²) in [6, 6.07) is -1.18. The minimum atomic E-state index is -3.11. The zero-order valence-corrected chi connectivity index (χ0v) is 23.7. The minimum Gasteiger partial charge on any atom is -0.464 e. The van der Waals surface area contributed by atoms with E-state index < -0.39 is 71.8 Å². The van der Waals surface area contributed by atoms with Crippen molar-refractivity contribution in [3.05, 3.63) is 25.3 Å². The van der Waals surface area contributed by atoms with Crippen molar-refractivity contribution in [1.29, 1.82) is 0 Å². The Kier molecular flexibility index (Phi) is 11.1. The number of rotatable bonds is 13. The minimum absolute atomic E-state index is 0.0755. The molecule has 0 aromatic carbocycles. The van der Waals surface area contributed by atoms with Gasteiger partial charge in [-0.3, -0.25) is 9.59 Å². The molecule has 1 saturated carbocycles. The molecule has 0 spiro atoms. The number of amides is 3. The number of aliphatic hydroxyl groups excluding tert-OH is 1. The molecule has 1 saturated heterocycles. The number of carbonyl (C=O) groups excluding carboxylic acids is 4. The number of allylic oxidation sites excluding steroid dienone is 1. The van der Waals surface area contributed by atoms with Crippen molar-refractivity contribution in [1.82, 2.24) is 10.2 Å². The summed E-state index contributed by atoms with van der Waals surface area (Å²) in [5.41, 5.74) is -2.18. The number of hydrogen-bond donors (Lipinski definition) is 2. The first-order valence-corrected chi connectivity index (χ1v) is 13.4. The lowest BCUT2D eigenvalue weighted by Gasteiger charge is -2.29. The molecular weight excluding hydrogens is 528 g/mol. The fourth-order valence-electron chi connectivity index (χ4n) is 4.59. The highest BCUT2D eigenvalue weighted by Gasteiger charge is 2.62. The van der Waals surface area contributed by atoms with E-state index in [1.54, 1.807) is 27.7 Å². The highest BCUT2D eigenvalue weighted by atomic mass is 19.3. The van der Waals surface area contributed by atoms with E-state index in [-0.39, 0.29) is 44.8 Å². The largest absolute Gasteiger partial charge is 0.464 e. The van der Waals surface area contributed by atoms with E-state index in [1.807, 2.05) is 0 Å². The average Bonchev–Trinajstić information content (AvgIpc) is 3.43. The summed E-state index contributed by atoms with van der Waals surface area (Å²) in [6.45, 7) is 13.5. The van der Waals surface area contributed by atoms with Gasteiger partial charge in [0.1, 0.15) is 17.2 Å². The molecule has 10 nitrogen and oxygen atoms in total. The van der Waals surface area contributed by atoms with E-state index in [4.69, 9.17) is 9.47 Å². The van der Waals surface area contributed by atoms with Crippen LogP contribution in [-0.2, 0) is 23.9 Å². The second-order valence-corrected chi connectivity index (χ2v) is 11.2. The van der Waals surface area contributed by atoms with Gasteiger partial charge in [-0.05, 0) is 47.0 Å². The van der Waals surface area contributed by atoms with Crippen LogP contribution in [0.5, 0.6) is 0 Å². The van der Waals surface area contributed by atoms with Crippen LogP contribution in [0.3, 0.4) is 0 Å². The molecule has 0 radical (unpaired) electrons. The SMILES string of the molecule is C=CCCC(F)(F)CCC(C=NC(=O)OC(C)(C)C)C(=O)N1C[C@H](O)C[C@H]1C(=O)N[C@]1(C(=O)OCC)C[C@H]1C=C. The highest BCUT2D eigenvalue weighted by molar-refractivity contribution is 6.00. The lowest BCUT2D eigenvalue weighted by Crippen LogP contribution is -2.54. The topological polar surface area (TPSA) is 135 Å². The van der Waals surface area contributed by atoms with Crippen LogP contribution in [0.4, 0.5) is 13.6 Å². The van der Waals surface area contributed by atoms with Gasteiger partial charge in [-0.2, -0.15) is 4.99 Å². The van der Waals surface area contributed by atoms with Gasteiger partial charge in [-0.25, -0.2) is 18.4 Å². The van der Waals surface area contributed by atoms with Gasteiger partial charge in [0.15, 0.2) is 0 Å². The smallest absolute Gasteiger partial charge is 0.433 e. The second-order valence-electron chi connectivity index (χ2n) is 11.2. The Morgan fingerprint density at radius 3 is 2.45 bits per heavy atom. The summed E-state index contributed by atoms with van der Waals surface area (Å²) < 4.78 is 39.1. The molecule has 1 heterocycles. The standard InChI is InChI=1S/C28H41F2N3O7/c1-7-10-12-27(29,30)13-11-18(16-31-25(38)40-26(4,5)6)23(36)33-17-20(34)14-21(33)22(35)32-28(15-19(28)8-2)24(37)39-9-3/h7-8,16,18-21,34H,1-2,9-15,17H2,3-6H3,(H,32,35)/t18?,19-,20-,21+,28-/m1/s1. The number of likely N-dealkylation sites (tertiary alicyclic amines) is 1. The maximum absolute atomic E-state index is 14.4. The monoisotopic (exact) mass is 569 g/mol. The van der Waals surface area contributed by atoms with Crippen LogP contribution in [0.1, 0.15) is 66.2 Å². The number of esters is 1. The highest BCUT2D eigenvalue weighted by Crippen LogP contribution is 2.45. The number of β-amino-alcohol motifs (C(OH)–C–C–N with tert-alkyl or cyclic N) is 1. The summed E-state index contributed by atoms with van der Waals surface area (Å²) >= 11 is 0. The molecule has 1 aliphatic heterocycles. The summed E-state index contributed by atoms with van der Waals surface area (Å²) in [5.74, 6) is -6.85. The molecule has 1 unspecified atom stereocenters. The van der Waals surface area contributed by atoms with Gasteiger partial charge in [-0.1, -0.05) is 12.2 Å². The van der Waals surface area contributed by atoms with E-state index in [0.717, 1.165) is 11.1 Å². The molecule has 0 aromatic heterocycles. The number of aliphatic hydroxyl groups is 1. The molecule has 0 bridgehead atoms. The molecule has 2 N–H and O–H groups in total. The molecule has 2 rings (SSSR count). The van der Waals surface area contributed by atoms with Gasteiger partial charge < -0.3 is 24.8 Å². The number of aliphatic imine (C=N–C) groups is 1. The predicted octanol–water partition coefficient (Wildman–Crippen LogP) is 3.58. The van der Waals surface area contributed by atoms with E-state index in [2.05, 4.69) is 23.5 Å². The molecule has 40 heavy (non-hydrogen) atoms. The number of nitrogens with zero attached hydrogens (tertiary/aromatic N) is 2. The molecule has 0 aromatic rings. The van der Waals surface area contributed by atoms with Crippen LogP contribution in [0.25, 0.3) is 0 Å². The van der Waals surface area contributed by atoms with E-state index in [0.29, 0.717) is 0 Å². The zero-order chi connectivity index (χ0) is 30.3. The molecule has 224 valence electrons. The third-order valence-electron chi connectivity index (χ3n) is 6.76. The van der Waals surface area contributed by atoms with Crippen LogP contribution in [-0.4, -0.2) is 82.5 Å². The number of carbonyl (C=O) groups is 4. The van der Waals surface area contributed by atoms with E-state index in [1.165, 1.54) is 12.2 Å². The van der Waals surface area contributed by atoms with Crippen molar-refractivity contribution in [3.63, 3.8) is 0 Å². The molecule has 3 amide bonds. The predicted molar refractivity (Wildman–Crippen MR) is 144 cm³/mol. The van der Waals surface area contributed by atoms with Crippen molar-refractivity contribution in [2.75, 3.05) is 13.2 Å². The second kappa shape index (κ2) is 13.5. The first-order valence-electron chi connectivity index (χ1n) is 13.4. The maximum atomic E-state index is 14.4. The average molecular weight is 570 g/mol. The van der Waals surface area contributed by atoms with Crippen LogP contribution in [0, 0.1) is 11.8 Å². The van der Waals surface area contributed by atoms with Crippen LogP contribution in [0.15, 0.2) is 30.3 Å². The Balaban J connectivity index is 2.27. The maximum Gasteiger partial charge on any atom is 0.433 e. The first kappa shape index (κ1) is 33.1. The van der Waals surface area contributed by atoms with Gasteiger partial charge in [-0.15, -0.1) is 13.2 Å². The van der Waals surface area contributed by atoms with Crippen LogP contribution < -0.4 is 5.32 Å². The molecule has 2 aliphatic rings. The molecule has 5 atom stereocenters. The third-order valence-corrected chi connectivity index (χ3v) is 6.76. The number of alkyl halides is 2. The third kappa shape index (κ3) is 8.94. The van der Waals surface area contributed by atoms with Crippen molar-refractivity contribution in [2.45, 2.75) is 95.4 Å². The Hall–Kier alpha value is -3.15. The first-order chi connectivity index (χ1) is 18.6. The van der Waals surface area contributed by atoms with E-state index in [9.17, 15) is 33.1 Å². The Morgan fingerprint density at radius 2 is 1.90 bits per heavy atom. The summed E-state index contributed by atoms with van der Waals surface area (Å²) in [4.78, 5) is 56.4. The normalized spacial score (nSPS) is 25.3. The summed E-state index contributed by atoms with van der Waals surface area (Å²) in [6.07, 6.45) is 0.490. The van der Waals surface area contributed by atoms with E-state index >= 15 is 0 Å². The molecule has 1 aliphatic carbocycles. The Morgan fingerprint density at radius 1 is 1.23 bits per heavy atom. The van der Waals surface area contributed by atoms with Gasteiger partial charge in [0, 0.05) is 37.9 Å². The Labute approximate surface area is 233 Å². The van der Waals surface area contributed by atoms with Gasteiger partial charge in [0.05, 0.1) is 18.6 Å². The van der Waals surface area contributed by atoms with Crippen molar-refractivity contribution in [2.24, 2.45) is 16.8 Å².